The number of rotatable bonds is 5. The second-order valence-electron chi connectivity index (χ2n) is 7.14. The summed E-state index contributed by atoms with van der Waals surface area (Å²) >= 11 is 0. The zero-order chi connectivity index (χ0) is 21.4. The number of carbonyl (C=O) groups excluding carboxylic acids is 1. The van der Waals surface area contributed by atoms with Gasteiger partial charge in [0.05, 0.1) is 18.5 Å². The van der Waals surface area contributed by atoms with Crippen molar-refractivity contribution in [1.29, 1.82) is 0 Å². The van der Waals surface area contributed by atoms with Gasteiger partial charge in [-0.25, -0.2) is 9.78 Å². The zero-order valence-electron chi connectivity index (χ0n) is 16.2. The number of H-pyrrole nitrogens is 1. The molecule has 1 aliphatic rings. The van der Waals surface area contributed by atoms with Gasteiger partial charge in [0.15, 0.2) is 11.2 Å². The van der Waals surface area contributed by atoms with Crippen molar-refractivity contribution in [2.75, 3.05) is 12.3 Å². The number of nitrogen functional groups attached to an aromatic ring is 1. The molecule has 30 heavy (non-hydrogen) atoms. The summed E-state index contributed by atoms with van der Waals surface area (Å²) in [5, 5.41) is 9.73. The lowest BCUT2D eigenvalue weighted by Gasteiger charge is -2.18. The number of aromatic amines is 1. The monoisotopic (exact) mass is 414 g/mol. The lowest BCUT2D eigenvalue weighted by atomic mass is 10.0. The van der Waals surface area contributed by atoms with E-state index in [0.29, 0.717) is 11.1 Å². The Labute approximate surface area is 170 Å². The maximum atomic E-state index is 12.8. The van der Waals surface area contributed by atoms with Gasteiger partial charge >= 0.3 is 5.97 Å². The molecule has 0 bridgehead atoms. The largest absolute Gasteiger partial charge is 0.456 e. The predicted molar refractivity (Wildman–Crippen MR) is 106 cm³/mol. The van der Waals surface area contributed by atoms with Crippen molar-refractivity contribution in [2.45, 2.75) is 37.8 Å². The van der Waals surface area contributed by atoms with Gasteiger partial charge in [-0.1, -0.05) is 18.2 Å². The zero-order valence-corrected chi connectivity index (χ0v) is 16.2. The molecule has 3 unspecified atom stereocenters. The average Bonchev–Trinajstić information content (AvgIpc) is 3.31. The third-order valence-corrected chi connectivity index (χ3v) is 5.05. The molecule has 158 valence electrons. The number of nitrogens with one attached hydrogen (secondary N) is 1. The quantitative estimate of drug-likeness (QED) is 0.426. The number of ether oxygens (including phenoxy) is 2. The molecule has 1 saturated heterocycles. The van der Waals surface area contributed by atoms with Gasteiger partial charge in [0.2, 0.25) is 5.95 Å². The molecule has 3 aromatic rings. The van der Waals surface area contributed by atoms with Crippen LogP contribution in [0.1, 0.15) is 41.5 Å². The highest BCUT2D eigenvalue weighted by molar-refractivity contribution is 5.91. The molecule has 6 N–H and O–H groups in total. The van der Waals surface area contributed by atoms with Gasteiger partial charge in [-0.2, -0.15) is 4.98 Å². The highest BCUT2D eigenvalue weighted by Gasteiger charge is 2.39. The first-order valence-electron chi connectivity index (χ1n) is 9.43. The predicted octanol–water partition coefficient (Wildman–Crippen LogP) is 0.227. The van der Waals surface area contributed by atoms with E-state index >= 15 is 0 Å². The van der Waals surface area contributed by atoms with Gasteiger partial charge < -0.3 is 26.0 Å². The molecule has 0 spiro atoms. The number of fused-ring (bicyclic) bond motifs is 1. The fourth-order valence-corrected chi connectivity index (χ4v) is 3.59. The molecule has 2 aromatic heterocycles. The summed E-state index contributed by atoms with van der Waals surface area (Å²) in [5.41, 5.74) is 12.5. The summed E-state index contributed by atoms with van der Waals surface area (Å²) in [6, 6.07) is 6.59. The first kappa shape index (κ1) is 20.0. The van der Waals surface area contributed by atoms with E-state index in [-0.39, 0.29) is 36.2 Å². The maximum Gasteiger partial charge on any atom is 0.338 e. The fourth-order valence-electron chi connectivity index (χ4n) is 3.59. The minimum atomic E-state index is -0.752. The van der Waals surface area contributed by atoms with E-state index in [4.69, 9.17) is 20.9 Å². The van der Waals surface area contributed by atoms with Gasteiger partial charge in [0, 0.05) is 12.5 Å². The van der Waals surface area contributed by atoms with Crippen LogP contribution >= 0.6 is 0 Å². The number of hydrogen-bond acceptors (Lipinski definition) is 9. The molecule has 1 aliphatic heterocycles. The molecule has 4 rings (SSSR count). The molecular formula is C19H22N6O5. The Balaban J connectivity index is 1.58. The number of aliphatic hydroxyl groups excluding tert-OH is 1. The maximum absolute atomic E-state index is 12.8. The number of anilines is 1. The number of hydrogen-bond donors (Lipinski definition) is 4. The number of nitrogens with zero attached hydrogens (tertiary/aromatic N) is 3. The molecule has 3 heterocycles. The Morgan fingerprint density at radius 2 is 2.23 bits per heavy atom. The standard InChI is InChI=1S/C19H22N6O5/c1-9(20)10-4-2-3-5-11(10)18(28)30-12-6-14(29-13(12)7-26)25-8-22-15-16(25)23-19(21)24-17(15)27/h2-5,8-9,12-14,26H,6-7,20H2,1H3,(H3,21,23,24,27)/t9?,12-,13?,14?/m1/s1. The molecule has 0 amide bonds. The van der Waals surface area contributed by atoms with Crippen LogP contribution in [-0.2, 0) is 9.47 Å². The molecule has 11 nitrogen and oxygen atoms in total. The molecule has 1 fully saturated rings. The fraction of sp³-hybridized carbons (Fsp3) is 0.368. The van der Waals surface area contributed by atoms with Crippen molar-refractivity contribution >= 4 is 23.1 Å². The topological polar surface area (TPSA) is 171 Å². The number of esters is 1. The summed E-state index contributed by atoms with van der Waals surface area (Å²) < 4.78 is 13.0. The van der Waals surface area contributed by atoms with E-state index in [1.54, 1.807) is 31.2 Å². The second-order valence-corrected chi connectivity index (χ2v) is 7.14. The first-order chi connectivity index (χ1) is 14.4. The number of imidazole rings is 1. The number of benzene rings is 1. The summed E-state index contributed by atoms with van der Waals surface area (Å²) in [7, 11) is 0. The van der Waals surface area contributed by atoms with Crippen LogP contribution < -0.4 is 17.0 Å². The third-order valence-electron chi connectivity index (χ3n) is 5.05. The Morgan fingerprint density at radius 3 is 2.97 bits per heavy atom. The number of aliphatic hydroxyl groups is 1. The van der Waals surface area contributed by atoms with Crippen molar-refractivity contribution in [3.8, 4) is 0 Å². The Kier molecular flexibility index (Phi) is 5.24. The lowest BCUT2D eigenvalue weighted by Crippen LogP contribution is -2.30. The molecule has 0 aliphatic carbocycles. The van der Waals surface area contributed by atoms with Crippen LogP contribution in [0.15, 0.2) is 35.4 Å². The van der Waals surface area contributed by atoms with E-state index in [1.165, 1.54) is 10.9 Å². The van der Waals surface area contributed by atoms with Crippen LogP contribution in [0.25, 0.3) is 11.2 Å². The molecule has 0 saturated carbocycles. The van der Waals surface area contributed by atoms with Crippen LogP contribution in [0.2, 0.25) is 0 Å². The second kappa shape index (κ2) is 7.86. The van der Waals surface area contributed by atoms with Crippen molar-refractivity contribution in [1.82, 2.24) is 19.5 Å². The van der Waals surface area contributed by atoms with Crippen LogP contribution in [0, 0.1) is 0 Å². The van der Waals surface area contributed by atoms with E-state index in [9.17, 15) is 14.7 Å². The molecule has 11 heteroatoms. The van der Waals surface area contributed by atoms with E-state index in [0.717, 1.165) is 0 Å². The summed E-state index contributed by atoms with van der Waals surface area (Å²) in [4.78, 5) is 35.3. The Hall–Kier alpha value is -3.28. The average molecular weight is 414 g/mol. The van der Waals surface area contributed by atoms with Crippen LogP contribution in [0.3, 0.4) is 0 Å². The first-order valence-corrected chi connectivity index (χ1v) is 9.43. The van der Waals surface area contributed by atoms with Gasteiger partial charge in [0.1, 0.15) is 18.4 Å². The molecule has 1 aromatic carbocycles. The Bertz CT molecular complexity index is 1140. The van der Waals surface area contributed by atoms with E-state index in [1.807, 2.05) is 0 Å². The summed E-state index contributed by atoms with van der Waals surface area (Å²) in [6.07, 6.45) is -0.482. The Morgan fingerprint density at radius 1 is 1.47 bits per heavy atom. The van der Waals surface area contributed by atoms with Gasteiger partial charge in [-0.3, -0.25) is 14.3 Å². The van der Waals surface area contributed by atoms with Gasteiger partial charge in [-0.15, -0.1) is 0 Å². The minimum absolute atomic E-state index is 0.0542. The van der Waals surface area contributed by atoms with Crippen LogP contribution in [0.4, 0.5) is 5.95 Å². The van der Waals surface area contributed by atoms with Gasteiger partial charge in [-0.05, 0) is 18.6 Å². The van der Waals surface area contributed by atoms with Gasteiger partial charge in [0.25, 0.3) is 5.56 Å². The van der Waals surface area contributed by atoms with Crippen molar-refractivity contribution in [3.05, 3.63) is 52.1 Å². The minimum Gasteiger partial charge on any atom is -0.456 e. The van der Waals surface area contributed by atoms with Crippen molar-refractivity contribution in [2.24, 2.45) is 5.73 Å². The number of aromatic nitrogens is 4. The third kappa shape index (κ3) is 3.54. The smallest absolute Gasteiger partial charge is 0.338 e. The number of carbonyl (C=O) groups is 1. The normalized spacial score (nSPS) is 22.3. The van der Waals surface area contributed by atoms with Crippen molar-refractivity contribution in [3.63, 3.8) is 0 Å². The van der Waals surface area contributed by atoms with E-state index in [2.05, 4.69) is 15.0 Å². The SMILES string of the molecule is CC(N)c1ccccc1C(=O)O[C@@H]1CC(n2cnc3c(=O)[nH]c(N)nc32)OC1CO. The highest BCUT2D eigenvalue weighted by Crippen LogP contribution is 2.33. The molecule has 4 atom stereocenters. The highest BCUT2D eigenvalue weighted by atomic mass is 16.6. The van der Waals surface area contributed by atoms with Crippen LogP contribution in [-0.4, -0.2) is 49.4 Å². The molecule has 0 radical (unpaired) electrons. The van der Waals surface area contributed by atoms with Crippen molar-refractivity contribution < 1.29 is 19.4 Å². The summed E-state index contributed by atoms with van der Waals surface area (Å²) in [6.45, 7) is 1.42. The lowest BCUT2D eigenvalue weighted by molar-refractivity contribution is -0.0500. The summed E-state index contributed by atoms with van der Waals surface area (Å²) in [5.74, 6) is -0.605. The molecular weight excluding hydrogens is 392 g/mol. The van der Waals surface area contributed by atoms with E-state index < -0.39 is 30.0 Å². The van der Waals surface area contributed by atoms with Crippen LogP contribution in [0.5, 0.6) is 0 Å². The number of nitrogens with two attached hydrogens (primary N) is 2.